The van der Waals surface area contributed by atoms with Crippen molar-refractivity contribution >= 4 is 21.9 Å². The Labute approximate surface area is 108 Å². The van der Waals surface area contributed by atoms with Gasteiger partial charge >= 0.3 is 5.97 Å². The van der Waals surface area contributed by atoms with Crippen molar-refractivity contribution in [3.05, 3.63) is 34.3 Å². The van der Waals surface area contributed by atoms with Crippen LogP contribution in [-0.2, 0) is 14.9 Å². The topological polar surface area (TPSA) is 46.5 Å². The molecule has 0 bridgehead atoms. The van der Waals surface area contributed by atoms with Gasteiger partial charge in [0.2, 0.25) is 0 Å². The maximum Gasteiger partial charge on any atom is 0.310 e. The fourth-order valence-corrected chi connectivity index (χ4v) is 3.53. The zero-order valence-corrected chi connectivity index (χ0v) is 10.9. The van der Waals surface area contributed by atoms with Crippen LogP contribution in [0.4, 0.5) is 0 Å². The second-order valence-electron chi connectivity index (χ2n) is 4.94. The molecule has 0 amide bonds. The van der Waals surface area contributed by atoms with E-state index in [2.05, 4.69) is 15.9 Å². The summed E-state index contributed by atoms with van der Waals surface area (Å²) in [5, 5.41) is 9.49. The van der Waals surface area contributed by atoms with Gasteiger partial charge in [-0.3, -0.25) is 4.79 Å². The van der Waals surface area contributed by atoms with E-state index in [-0.39, 0.29) is 5.41 Å². The third-order valence-electron chi connectivity index (χ3n) is 4.16. The molecule has 1 aromatic rings. The quantitative estimate of drug-likeness (QED) is 0.932. The van der Waals surface area contributed by atoms with Crippen LogP contribution < -0.4 is 0 Å². The normalized spacial score (nSPS) is 23.8. The van der Waals surface area contributed by atoms with Crippen molar-refractivity contribution in [3.63, 3.8) is 0 Å². The van der Waals surface area contributed by atoms with Crippen molar-refractivity contribution in [3.8, 4) is 0 Å². The molecule has 1 saturated heterocycles. The molecule has 1 heterocycles. The van der Waals surface area contributed by atoms with E-state index in [9.17, 15) is 9.90 Å². The van der Waals surface area contributed by atoms with Crippen LogP contribution in [0, 0.1) is 5.41 Å². The monoisotopic (exact) mass is 296 g/mol. The Bertz CT molecular complexity index is 475. The lowest BCUT2D eigenvalue weighted by Crippen LogP contribution is -2.56. The van der Waals surface area contributed by atoms with Gasteiger partial charge in [-0.05, 0) is 24.5 Å². The van der Waals surface area contributed by atoms with Gasteiger partial charge in [0.25, 0.3) is 0 Å². The van der Waals surface area contributed by atoms with Gasteiger partial charge in [-0.2, -0.15) is 0 Å². The van der Waals surface area contributed by atoms with E-state index in [0.29, 0.717) is 13.2 Å². The highest BCUT2D eigenvalue weighted by molar-refractivity contribution is 9.10. The highest BCUT2D eigenvalue weighted by Crippen LogP contribution is 2.63. The fourth-order valence-electron chi connectivity index (χ4n) is 2.87. The Kier molecular flexibility index (Phi) is 2.35. The molecule has 90 valence electrons. The van der Waals surface area contributed by atoms with E-state index >= 15 is 0 Å². The van der Waals surface area contributed by atoms with E-state index in [4.69, 9.17) is 4.74 Å². The standard InChI is InChI=1S/C13H13BrO3/c14-10-4-2-1-3-9(10)13(7-17-8-13)12(5-6-12)11(15)16/h1-4H,5-8H2,(H,15,16). The van der Waals surface area contributed by atoms with E-state index < -0.39 is 11.4 Å². The molecule has 1 aliphatic carbocycles. The van der Waals surface area contributed by atoms with Crippen LogP contribution in [0.1, 0.15) is 18.4 Å². The smallest absolute Gasteiger partial charge is 0.310 e. The summed E-state index contributed by atoms with van der Waals surface area (Å²) < 4.78 is 6.32. The first-order valence-corrected chi connectivity index (χ1v) is 6.48. The summed E-state index contributed by atoms with van der Waals surface area (Å²) in [5.74, 6) is -0.684. The second-order valence-corrected chi connectivity index (χ2v) is 5.80. The number of benzene rings is 1. The van der Waals surface area contributed by atoms with Gasteiger partial charge in [-0.15, -0.1) is 0 Å². The highest BCUT2D eigenvalue weighted by Gasteiger charge is 2.68. The summed E-state index contributed by atoms with van der Waals surface area (Å²) in [4.78, 5) is 11.5. The number of carboxylic acid groups (broad SMARTS) is 1. The number of hydrogen-bond donors (Lipinski definition) is 1. The molecule has 1 saturated carbocycles. The second kappa shape index (κ2) is 3.56. The fraction of sp³-hybridized carbons (Fsp3) is 0.462. The molecule has 0 aromatic heterocycles. The predicted molar refractivity (Wildman–Crippen MR) is 65.9 cm³/mol. The molecule has 4 heteroatoms. The third-order valence-corrected chi connectivity index (χ3v) is 4.85. The number of ether oxygens (including phenoxy) is 1. The summed E-state index contributed by atoms with van der Waals surface area (Å²) in [6.07, 6.45) is 1.51. The molecule has 17 heavy (non-hydrogen) atoms. The first kappa shape index (κ1) is 11.2. The minimum Gasteiger partial charge on any atom is -0.481 e. The lowest BCUT2D eigenvalue weighted by molar-refractivity contribution is -0.161. The van der Waals surface area contributed by atoms with Gasteiger partial charge in [0.15, 0.2) is 0 Å². The Morgan fingerprint density at radius 2 is 1.94 bits per heavy atom. The Morgan fingerprint density at radius 3 is 2.35 bits per heavy atom. The van der Waals surface area contributed by atoms with E-state index in [1.165, 1.54) is 0 Å². The lowest BCUT2D eigenvalue weighted by Gasteiger charge is -2.47. The third kappa shape index (κ3) is 1.34. The molecule has 1 aliphatic heterocycles. The maximum atomic E-state index is 11.5. The van der Waals surface area contributed by atoms with Gasteiger partial charge in [-0.25, -0.2) is 0 Å². The summed E-state index contributed by atoms with van der Waals surface area (Å²) in [6.45, 7) is 1.03. The summed E-state index contributed by atoms with van der Waals surface area (Å²) in [7, 11) is 0. The van der Waals surface area contributed by atoms with Crippen molar-refractivity contribution in [1.29, 1.82) is 0 Å². The average Bonchev–Trinajstić information content (AvgIpc) is 3.01. The lowest BCUT2D eigenvalue weighted by atomic mass is 9.66. The van der Waals surface area contributed by atoms with E-state index in [0.717, 1.165) is 22.9 Å². The van der Waals surface area contributed by atoms with Crippen molar-refractivity contribution < 1.29 is 14.6 Å². The van der Waals surface area contributed by atoms with Gasteiger partial charge in [0, 0.05) is 4.47 Å². The van der Waals surface area contributed by atoms with Crippen LogP contribution in [0.15, 0.2) is 28.7 Å². The molecule has 2 fully saturated rings. The average molecular weight is 297 g/mol. The van der Waals surface area contributed by atoms with E-state index in [1.807, 2.05) is 24.3 Å². The Morgan fingerprint density at radius 1 is 1.29 bits per heavy atom. The number of hydrogen-bond acceptors (Lipinski definition) is 2. The summed E-state index contributed by atoms with van der Waals surface area (Å²) in [5.41, 5.74) is 0.139. The molecule has 0 spiro atoms. The number of aliphatic carboxylic acids is 1. The molecule has 0 radical (unpaired) electrons. The zero-order chi connectivity index (χ0) is 12.1. The number of carboxylic acids is 1. The molecule has 3 rings (SSSR count). The number of carbonyl (C=O) groups is 1. The molecule has 1 N–H and O–H groups in total. The predicted octanol–water partition coefficient (Wildman–Crippen LogP) is 2.58. The van der Waals surface area contributed by atoms with Crippen molar-refractivity contribution in [2.45, 2.75) is 18.3 Å². The Hall–Kier alpha value is -0.870. The van der Waals surface area contributed by atoms with Gasteiger partial charge in [0.1, 0.15) is 0 Å². The van der Waals surface area contributed by atoms with Crippen molar-refractivity contribution in [1.82, 2.24) is 0 Å². The van der Waals surface area contributed by atoms with Gasteiger partial charge in [0.05, 0.1) is 24.0 Å². The zero-order valence-electron chi connectivity index (χ0n) is 9.28. The van der Waals surface area contributed by atoms with Crippen LogP contribution in [0.3, 0.4) is 0 Å². The number of halogens is 1. The van der Waals surface area contributed by atoms with Crippen LogP contribution in [0.2, 0.25) is 0 Å². The molecule has 1 aromatic carbocycles. The first-order valence-electron chi connectivity index (χ1n) is 5.69. The molecule has 0 unspecified atom stereocenters. The minimum absolute atomic E-state index is 0.334. The van der Waals surface area contributed by atoms with Crippen LogP contribution in [-0.4, -0.2) is 24.3 Å². The number of rotatable bonds is 3. The first-order chi connectivity index (χ1) is 8.12. The summed E-state index contributed by atoms with van der Waals surface area (Å²) >= 11 is 3.53. The summed E-state index contributed by atoms with van der Waals surface area (Å²) in [6, 6.07) is 7.88. The van der Waals surface area contributed by atoms with Crippen LogP contribution >= 0.6 is 15.9 Å². The minimum atomic E-state index is -0.684. The highest BCUT2D eigenvalue weighted by atomic mass is 79.9. The van der Waals surface area contributed by atoms with Crippen molar-refractivity contribution in [2.24, 2.45) is 5.41 Å². The molecule has 3 nitrogen and oxygen atoms in total. The largest absolute Gasteiger partial charge is 0.481 e. The maximum absolute atomic E-state index is 11.5. The van der Waals surface area contributed by atoms with Crippen molar-refractivity contribution in [2.75, 3.05) is 13.2 Å². The molecular formula is C13H13BrO3. The molecule has 0 atom stereocenters. The van der Waals surface area contributed by atoms with Crippen LogP contribution in [0.25, 0.3) is 0 Å². The molecular weight excluding hydrogens is 284 g/mol. The Balaban J connectivity index is 2.10. The van der Waals surface area contributed by atoms with E-state index in [1.54, 1.807) is 0 Å². The van der Waals surface area contributed by atoms with Gasteiger partial charge in [-0.1, -0.05) is 34.1 Å². The van der Waals surface area contributed by atoms with Gasteiger partial charge < -0.3 is 9.84 Å². The SMILES string of the molecule is O=C(O)C1(C2(c3ccccc3Br)COC2)CC1. The molecule has 2 aliphatic rings. The van der Waals surface area contributed by atoms with Crippen LogP contribution in [0.5, 0.6) is 0 Å².